The molecule has 0 aliphatic carbocycles. The van der Waals surface area contributed by atoms with Crippen LogP contribution in [0.1, 0.15) is 33.6 Å². The number of ether oxygens (including phenoxy) is 1. The lowest BCUT2D eigenvalue weighted by molar-refractivity contribution is 0.0265. The van der Waals surface area contributed by atoms with Crippen LogP contribution in [0.5, 0.6) is 0 Å². The fourth-order valence-corrected chi connectivity index (χ4v) is 1.80. The number of nitrogens with two attached hydrogens (primary N) is 1. The first-order valence-corrected chi connectivity index (χ1v) is 5.79. The molecule has 1 unspecified atom stereocenters. The van der Waals surface area contributed by atoms with Gasteiger partial charge in [-0.05, 0) is 33.6 Å². The average Bonchev–Trinajstić information content (AvgIpc) is 2.63. The molecule has 0 aromatic heterocycles. The third-order valence-electron chi connectivity index (χ3n) is 2.46. The third kappa shape index (κ3) is 3.76. The lowest BCUT2D eigenvalue weighted by atomic mass is 10.2. The fourth-order valence-electron chi connectivity index (χ4n) is 1.80. The zero-order valence-corrected chi connectivity index (χ0v) is 10.8. The average molecular weight is 239 g/mol. The first-order chi connectivity index (χ1) is 7.85. The van der Waals surface area contributed by atoms with Gasteiger partial charge in [-0.2, -0.15) is 0 Å². The van der Waals surface area contributed by atoms with Gasteiger partial charge in [-0.1, -0.05) is 6.58 Å². The Morgan fingerprint density at radius 1 is 1.59 bits per heavy atom. The van der Waals surface area contributed by atoms with Crippen LogP contribution in [0.25, 0.3) is 0 Å². The molecule has 1 amide bonds. The van der Waals surface area contributed by atoms with Crippen molar-refractivity contribution in [3.63, 3.8) is 0 Å². The van der Waals surface area contributed by atoms with Gasteiger partial charge in [0, 0.05) is 12.7 Å². The summed E-state index contributed by atoms with van der Waals surface area (Å²) in [5.41, 5.74) is 5.32. The van der Waals surface area contributed by atoms with E-state index in [1.54, 1.807) is 4.90 Å². The summed E-state index contributed by atoms with van der Waals surface area (Å²) in [6.45, 7) is 9.69. The van der Waals surface area contributed by atoms with Gasteiger partial charge in [0.25, 0.3) is 0 Å². The molecule has 96 valence electrons. The maximum atomic E-state index is 11.9. The van der Waals surface area contributed by atoms with Crippen LogP contribution in [0, 0.1) is 0 Å². The van der Waals surface area contributed by atoms with E-state index in [0.29, 0.717) is 12.4 Å². The van der Waals surface area contributed by atoms with Gasteiger partial charge in [-0.3, -0.25) is 4.90 Å². The lowest BCUT2D eigenvalue weighted by Gasteiger charge is -2.28. The molecular weight excluding hydrogens is 218 g/mol. The summed E-state index contributed by atoms with van der Waals surface area (Å²) in [4.78, 5) is 17.5. The summed E-state index contributed by atoms with van der Waals surface area (Å²) in [6.07, 6.45) is 2.79. The van der Waals surface area contributed by atoms with Crippen LogP contribution in [-0.2, 0) is 4.74 Å². The van der Waals surface area contributed by atoms with E-state index in [2.05, 4.69) is 11.6 Å². The summed E-state index contributed by atoms with van der Waals surface area (Å²) in [5.74, 6) is 0.420. The maximum absolute atomic E-state index is 11.9. The van der Waals surface area contributed by atoms with E-state index in [0.717, 1.165) is 12.8 Å². The number of rotatable bonds is 2. The molecule has 1 aliphatic heterocycles. The van der Waals surface area contributed by atoms with Crippen LogP contribution < -0.4 is 5.73 Å². The van der Waals surface area contributed by atoms with Crippen molar-refractivity contribution in [2.45, 2.75) is 45.3 Å². The van der Waals surface area contributed by atoms with Crippen LogP contribution in [-0.4, -0.2) is 35.0 Å². The first kappa shape index (κ1) is 13.5. The van der Waals surface area contributed by atoms with E-state index in [9.17, 15) is 4.79 Å². The Morgan fingerprint density at radius 2 is 2.24 bits per heavy atom. The minimum absolute atomic E-state index is 0.164. The molecule has 1 saturated heterocycles. The summed E-state index contributed by atoms with van der Waals surface area (Å²) >= 11 is 0. The smallest absolute Gasteiger partial charge is 0.410 e. The van der Waals surface area contributed by atoms with Gasteiger partial charge in [0.1, 0.15) is 11.4 Å². The lowest BCUT2D eigenvalue weighted by Crippen LogP contribution is -2.45. The Morgan fingerprint density at radius 3 is 2.76 bits per heavy atom. The highest BCUT2D eigenvalue weighted by molar-refractivity contribution is 5.89. The number of carbonyl (C=O) groups is 1. The molecular formula is C12H21N3O2. The van der Waals surface area contributed by atoms with Gasteiger partial charge in [-0.15, -0.1) is 0 Å². The normalized spacial score (nSPS) is 21.5. The van der Waals surface area contributed by atoms with E-state index in [4.69, 9.17) is 10.5 Å². The summed E-state index contributed by atoms with van der Waals surface area (Å²) in [5, 5.41) is 0. The Labute approximate surface area is 102 Å². The molecule has 1 atom stereocenters. The summed E-state index contributed by atoms with van der Waals surface area (Å²) in [6, 6.07) is -0.164. The number of likely N-dealkylation sites (tertiary alicyclic amines) is 1. The number of aliphatic imine (C=N–C) groups is 1. The number of nitrogens with zero attached hydrogens (tertiary/aromatic N) is 2. The van der Waals surface area contributed by atoms with Crippen molar-refractivity contribution in [2.24, 2.45) is 10.7 Å². The number of amides is 1. The first-order valence-electron chi connectivity index (χ1n) is 5.79. The predicted octanol–water partition coefficient (Wildman–Crippen LogP) is 1.89. The Bertz CT molecular complexity index is 331. The molecule has 5 nitrogen and oxygen atoms in total. The Balaban J connectivity index is 2.73. The van der Waals surface area contributed by atoms with Crippen LogP contribution in [0.4, 0.5) is 4.79 Å². The minimum atomic E-state index is -0.492. The van der Waals surface area contributed by atoms with Crippen molar-refractivity contribution in [2.75, 3.05) is 6.54 Å². The van der Waals surface area contributed by atoms with Gasteiger partial charge < -0.3 is 10.5 Å². The van der Waals surface area contributed by atoms with E-state index in [-0.39, 0.29) is 12.1 Å². The van der Waals surface area contributed by atoms with Crippen LogP contribution in [0.15, 0.2) is 17.8 Å². The molecule has 0 bridgehead atoms. The van der Waals surface area contributed by atoms with Gasteiger partial charge in [0.15, 0.2) is 0 Å². The largest absolute Gasteiger partial charge is 0.444 e. The van der Waals surface area contributed by atoms with Crippen LogP contribution in [0.2, 0.25) is 0 Å². The van der Waals surface area contributed by atoms with E-state index in [1.165, 1.54) is 6.20 Å². The zero-order valence-electron chi connectivity index (χ0n) is 10.8. The molecule has 0 aromatic carbocycles. The van der Waals surface area contributed by atoms with E-state index >= 15 is 0 Å². The second kappa shape index (κ2) is 5.21. The molecule has 0 radical (unpaired) electrons. The van der Waals surface area contributed by atoms with Gasteiger partial charge in [-0.25, -0.2) is 9.79 Å². The SMILES string of the molecule is C=CN=C(N)C1CCCN1C(=O)OC(C)(C)C. The van der Waals surface area contributed by atoms with Crippen molar-refractivity contribution in [1.29, 1.82) is 0 Å². The number of carbonyl (C=O) groups excluding carboxylic acids is 1. The summed E-state index contributed by atoms with van der Waals surface area (Å²) < 4.78 is 5.33. The standard InChI is InChI=1S/C12H21N3O2/c1-5-14-10(13)9-7-6-8-15(9)11(16)17-12(2,3)4/h5,9H,1,6-8H2,2-4H3,(H2,13,14). The zero-order chi connectivity index (χ0) is 13.1. The highest BCUT2D eigenvalue weighted by Gasteiger charge is 2.34. The van der Waals surface area contributed by atoms with Gasteiger partial charge in [0.05, 0.1) is 6.04 Å². The number of hydrogen-bond donors (Lipinski definition) is 1. The van der Waals surface area contributed by atoms with Crippen molar-refractivity contribution >= 4 is 11.9 Å². The molecule has 17 heavy (non-hydrogen) atoms. The minimum Gasteiger partial charge on any atom is -0.444 e. The Hall–Kier alpha value is -1.52. The van der Waals surface area contributed by atoms with Crippen molar-refractivity contribution in [1.82, 2.24) is 4.90 Å². The molecule has 1 heterocycles. The fraction of sp³-hybridized carbons (Fsp3) is 0.667. The molecule has 0 saturated carbocycles. The van der Waals surface area contributed by atoms with Gasteiger partial charge >= 0.3 is 6.09 Å². The monoisotopic (exact) mass is 239 g/mol. The highest BCUT2D eigenvalue weighted by Crippen LogP contribution is 2.20. The molecule has 0 aromatic rings. The quantitative estimate of drug-likeness (QED) is 0.591. The molecule has 1 aliphatic rings. The molecule has 1 rings (SSSR count). The molecule has 2 N–H and O–H groups in total. The topological polar surface area (TPSA) is 67.9 Å². The highest BCUT2D eigenvalue weighted by atomic mass is 16.6. The van der Waals surface area contributed by atoms with E-state index < -0.39 is 5.60 Å². The number of hydrogen-bond acceptors (Lipinski definition) is 3. The van der Waals surface area contributed by atoms with Gasteiger partial charge in [0.2, 0.25) is 0 Å². The predicted molar refractivity (Wildman–Crippen MR) is 67.8 cm³/mol. The molecule has 1 fully saturated rings. The second-order valence-corrected chi connectivity index (χ2v) is 5.07. The van der Waals surface area contributed by atoms with Crippen LogP contribution in [0.3, 0.4) is 0 Å². The van der Waals surface area contributed by atoms with Crippen LogP contribution >= 0.6 is 0 Å². The van der Waals surface area contributed by atoms with Crippen molar-refractivity contribution in [3.05, 3.63) is 12.8 Å². The van der Waals surface area contributed by atoms with E-state index in [1.807, 2.05) is 20.8 Å². The Kier molecular flexibility index (Phi) is 4.15. The third-order valence-corrected chi connectivity index (χ3v) is 2.46. The van der Waals surface area contributed by atoms with Crippen molar-refractivity contribution < 1.29 is 9.53 Å². The molecule has 0 spiro atoms. The number of amidine groups is 1. The van der Waals surface area contributed by atoms with Crippen molar-refractivity contribution in [3.8, 4) is 0 Å². The molecule has 5 heteroatoms. The second-order valence-electron chi connectivity index (χ2n) is 5.07. The maximum Gasteiger partial charge on any atom is 0.410 e. The summed E-state index contributed by atoms with van der Waals surface area (Å²) in [7, 11) is 0.